The van der Waals surface area contributed by atoms with Crippen molar-refractivity contribution in [2.24, 2.45) is 23.7 Å². The minimum atomic E-state index is -0.411. The van der Waals surface area contributed by atoms with Crippen LogP contribution >= 0.6 is 0 Å². The smallest absolute Gasteiger partial charge is 0.0832 e. The molecule has 14 heavy (non-hydrogen) atoms. The van der Waals surface area contributed by atoms with Crippen LogP contribution in [0.1, 0.15) is 38.5 Å². The highest BCUT2D eigenvalue weighted by molar-refractivity contribution is 5.03. The Kier molecular flexibility index (Phi) is 2.10. The maximum atomic E-state index is 9.99. The molecule has 3 aliphatic carbocycles. The molecular weight excluding hydrogens is 176 g/mol. The van der Waals surface area contributed by atoms with Gasteiger partial charge in [-0.3, -0.25) is 0 Å². The Morgan fingerprint density at radius 1 is 0.714 bits per heavy atom. The third-order valence-electron chi connectivity index (χ3n) is 4.99. The summed E-state index contributed by atoms with van der Waals surface area (Å²) in [6.07, 6.45) is 6.70. The Morgan fingerprint density at radius 2 is 1.21 bits per heavy atom. The van der Waals surface area contributed by atoms with E-state index in [0.29, 0.717) is 17.8 Å². The van der Waals surface area contributed by atoms with Crippen LogP contribution in [0.2, 0.25) is 0 Å². The van der Waals surface area contributed by atoms with Gasteiger partial charge in [-0.15, -0.1) is 0 Å². The average molecular weight is 196 g/mol. The number of rotatable bonds is 0. The number of hydrogen-bond acceptors (Lipinski definition) is 2. The molecule has 3 saturated carbocycles. The van der Waals surface area contributed by atoms with E-state index in [1.807, 2.05) is 0 Å². The van der Waals surface area contributed by atoms with Crippen LogP contribution in [-0.4, -0.2) is 22.4 Å². The summed E-state index contributed by atoms with van der Waals surface area (Å²) in [5, 5.41) is 20.0. The summed E-state index contributed by atoms with van der Waals surface area (Å²) in [6, 6.07) is 0. The Hall–Kier alpha value is -0.0800. The van der Waals surface area contributed by atoms with Gasteiger partial charge in [-0.2, -0.15) is 0 Å². The fourth-order valence-electron chi connectivity index (χ4n) is 4.47. The quantitative estimate of drug-likeness (QED) is 0.617. The van der Waals surface area contributed by atoms with Crippen LogP contribution in [0.4, 0.5) is 0 Å². The molecule has 0 radical (unpaired) electrons. The lowest BCUT2D eigenvalue weighted by Gasteiger charge is -2.40. The first-order valence-electron chi connectivity index (χ1n) is 6.15. The van der Waals surface area contributed by atoms with Gasteiger partial charge in [0.25, 0.3) is 0 Å². The maximum absolute atomic E-state index is 9.99. The fraction of sp³-hybridized carbons (Fsp3) is 1.00. The largest absolute Gasteiger partial charge is 0.390 e. The zero-order chi connectivity index (χ0) is 9.71. The van der Waals surface area contributed by atoms with E-state index in [1.54, 1.807) is 0 Å². The van der Waals surface area contributed by atoms with Crippen molar-refractivity contribution in [3.8, 4) is 0 Å². The Labute approximate surface area is 85.3 Å². The highest BCUT2D eigenvalue weighted by Gasteiger charge is 2.53. The molecule has 0 spiro atoms. The molecule has 3 aliphatic rings. The molecule has 2 N–H and O–H groups in total. The minimum absolute atomic E-state index is 0.411. The first kappa shape index (κ1) is 9.17. The number of aliphatic hydroxyl groups excluding tert-OH is 2. The molecule has 6 atom stereocenters. The van der Waals surface area contributed by atoms with E-state index < -0.39 is 12.2 Å². The molecule has 0 aromatic rings. The van der Waals surface area contributed by atoms with E-state index in [-0.39, 0.29) is 0 Å². The van der Waals surface area contributed by atoms with Gasteiger partial charge in [0.2, 0.25) is 0 Å². The molecule has 4 unspecified atom stereocenters. The molecular formula is C12H20O2. The molecule has 0 aliphatic heterocycles. The Bertz CT molecular complexity index is 206. The number of hydrogen-bond donors (Lipinski definition) is 2. The van der Waals surface area contributed by atoms with Gasteiger partial charge in [-0.05, 0) is 36.5 Å². The third kappa shape index (κ3) is 1.10. The summed E-state index contributed by atoms with van der Waals surface area (Å²) < 4.78 is 0. The summed E-state index contributed by atoms with van der Waals surface area (Å²) >= 11 is 0. The summed E-state index contributed by atoms with van der Waals surface area (Å²) in [4.78, 5) is 0. The van der Waals surface area contributed by atoms with Gasteiger partial charge in [-0.1, -0.05) is 25.7 Å². The van der Waals surface area contributed by atoms with Crippen molar-refractivity contribution >= 4 is 0 Å². The predicted octanol–water partition coefficient (Wildman–Crippen LogP) is 1.55. The second kappa shape index (κ2) is 3.21. The molecule has 3 rings (SSSR count). The van der Waals surface area contributed by atoms with Crippen molar-refractivity contribution in [3.05, 3.63) is 0 Å². The van der Waals surface area contributed by atoms with E-state index in [1.165, 1.54) is 25.7 Å². The highest BCUT2D eigenvalue weighted by Crippen LogP contribution is 2.54. The van der Waals surface area contributed by atoms with Crippen LogP contribution in [0.25, 0.3) is 0 Å². The van der Waals surface area contributed by atoms with Gasteiger partial charge >= 0.3 is 0 Å². The van der Waals surface area contributed by atoms with E-state index >= 15 is 0 Å². The molecule has 0 heterocycles. The third-order valence-corrected chi connectivity index (χ3v) is 4.99. The van der Waals surface area contributed by atoms with Crippen molar-refractivity contribution in [1.29, 1.82) is 0 Å². The van der Waals surface area contributed by atoms with Crippen LogP contribution in [0.3, 0.4) is 0 Å². The zero-order valence-electron chi connectivity index (χ0n) is 8.60. The second-order valence-corrected chi connectivity index (χ2v) is 5.51. The minimum Gasteiger partial charge on any atom is -0.390 e. The van der Waals surface area contributed by atoms with Crippen LogP contribution in [0.5, 0.6) is 0 Å². The van der Waals surface area contributed by atoms with Crippen LogP contribution in [0, 0.1) is 23.7 Å². The molecule has 0 amide bonds. The lowest BCUT2D eigenvalue weighted by Crippen LogP contribution is -2.34. The topological polar surface area (TPSA) is 40.5 Å². The first-order chi connectivity index (χ1) is 6.79. The maximum Gasteiger partial charge on any atom is 0.0832 e. The monoisotopic (exact) mass is 196 g/mol. The van der Waals surface area contributed by atoms with Gasteiger partial charge < -0.3 is 10.2 Å². The van der Waals surface area contributed by atoms with Crippen LogP contribution in [0.15, 0.2) is 0 Å². The Morgan fingerprint density at radius 3 is 1.71 bits per heavy atom. The Balaban J connectivity index is 1.90. The lowest BCUT2D eigenvalue weighted by atomic mass is 9.64. The van der Waals surface area contributed by atoms with Crippen molar-refractivity contribution in [3.63, 3.8) is 0 Å². The van der Waals surface area contributed by atoms with Gasteiger partial charge in [0, 0.05) is 0 Å². The molecule has 0 bridgehead atoms. The summed E-state index contributed by atoms with van der Waals surface area (Å²) in [7, 11) is 0. The average Bonchev–Trinajstić information content (AvgIpc) is 2.47. The van der Waals surface area contributed by atoms with Crippen LogP contribution in [-0.2, 0) is 0 Å². The molecule has 3 fully saturated rings. The molecule has 80 valence electrons. The van der Waals surface area contributed by atoms with Crippen LogP contribution < -0.4 is 0 Å². The van der Waals surface area contributed by atoms with Crippen molar-refractivity contribution in [1.82, 2.24) is 0 Å². The first-order valence-corrected chi connectivity index (χ1v) is 6.15. The normalized spacial score (nSPS) is 57.0. The molecule has 0 saturated heterocycles. The highest BCUT2D eigenvalue weighted by atomic mass is 16.3. The SMILES string of the molecule is O[C@@H]1C2CCCC3CCCC(C32)[C@@H]1O. The molecule has 2 nitrogen and oxygen atoms in total. The van der Waals surface area contributed by atoms with E-state index in [0.717, 1.165) is 18.8 Å². The van der Waals surface area contributed by atoms with Gasteiger partial charge in [0.1, 0.15) is 0 Å². The second-order valence-electron chi connectivity index (χ2n) is 5.51. The standard InChI is InChI=1S/C12H20O2/c13-11-8-5-1-3-7-4-2-6-9(10(7)8)12(11)14/h7-14H,1-6H2/t7?,8?,9?,10?,11-,12+. The molecule has 0 aromatic carbocycles. The van der Waals surface area contributed by atoms with Gasteiger partial charge in [-0.25, -0.2) is 0 Å². The summed E-state index contributed by atoms with van der Waals surface area (Å²) in [5.41, 5.74) is 0. The van der Waals surface area contributed by atoms with Gasteiger partial charge in [0.15, 0.2) is 0 Å². The zero-order valence-corrected chi connectivity index (χ0v) is 8.60. The summed E-state index contributed by atoms with van der Waals surface area (Å²) in [5.74, 6) is 2.32. The van der Waals surface area contributed by atoms with Crippen molar-refractivity contribution in [2.45, 2.75) is 50.7 Å². The van der Waals surface area contributed by atoms with E-state index in [4.69, 9.17) is 0 Å². The van der Waals surface area contributed by atoms with E-state index in [9.17, 15) is 10.2 Å². The van der Waals surface area contributed by atoms with Crippen molar-refractivity contribution in [2.75, 3.05) is 0 Å². The number of aliphatic hydroxyl groups is 2. The predicted molar refractivity (Wildman–Crippen MR) is 53.7 cm³/mol. The molecule has 0 aromatic heterocycles. The molecule has 2 heteroatoms. The fourth-order valence-corrected chi connectivity index (χ4v) is 4.47. The summed E-state index contributed by atoms with van der Waals surface area (Å²) in [6.45, 7) is 0. The lowest BCUT2D eigenvalue weighted by molar-refractivity contribution is 0.00126. The van der Waals surface area contributed by atoms with Gasteiger partial charge in [0.05, 0.1) is 12.2 Å². The van der Waals surface area contributed by atoms with Crippen molar-refractivity contribution < 1.29 is 10.2 Å². The van der Waals surface area contributed by atoms with E-state index in [2.05, 4.69) is 0 Å².